The number of H-pyrrole nitrogens is 1. The van der Waals surface area contributed by atoms with E-state index >= 15 is 0 Å². The molecular weight excluding hydrogens is 380 g/mol. The molecule has 2 heterocycles. The zero-order valence-electron chi connectivity index (χ0n) is 17.2. The van der Waals surface area contributed by atoms with Gasteiger partial charge in [-0.2, -0.15) is 0 Å². The summed E-state index contributed by atoms with van der Waals surface area (Å²) in [5, 5.41) is 3.49. The third-order valence-electron chi connectivity index (χ3n) is 5.94. The van der Waals surface area contributed by atoms with Crippen molar-refractivity contribution in [1.29, 1.82) is 0 Å². The van der Waals surface area contributed by atoms with E-state index in [0.29, 0.717) is 29.1 Å². The van der Waals surface area contributed by atoms with Crippen LogP contribution in [0.5, 0.6) is 0 Å². The van der Waals surface area contributed by atoms with Crippen molar-refractivity contribution in [3.8, 4) is 0 Å². The molecule has 7 nitrogen and oxygen atoms in total. The van der Waals surface area contributed by atoms with Crippen LogP contribution in [0.4, 0.5) is 0 Å². The smallest absolute Gasteiger partial charge is 0.328 e. The lowest BCUT2D eigenvalue weighted by Crippen LogP contribution is -2.37. The fraction of sp³-hybridized carbons (Fsp3) is 0.348. The summed E-state index contributed by atoms with van der Waals surface area (Å²) in [6, 6.07) is 15.5. The van der Waals surface area contributed by atoms with Crippen molar-refractivity contribution in [3.05, 3.63) is 80.5 Å². The Bertz CT molecular complexity index is 1180. The van der Waals surface area contributed by atoms with Crippen LogP contribution in [0.3, 0.4) is 0 Å². The van der Waals surface area contributed by atoms with Crippen LogP contribution in [0.1, 0.15) is 42.2 Å². The monoisotopic (exact) mass is 406 g/mol. The highest BCUT2D eigenvalue weighted by Gasteiger charge is 2.28. The lowest BCUT2D eigenvalue weighted by atomic mass is 10.1. The maximum absolute atomic E-state index is 12.8. The fourth-order valence-electron chi connectivity index (χ4n) is 4.15. The molecule has 1 saturated heterocycles. The summed E-state index contributed by atoms with van der Waals surface area (Å²) in [5.74, 6) is -0.198. The van der Waals surface area contributed by atoms with Gasteiger partial charge >= 0.3 is 5.69 Å². The van der Waals surface area contributed by atoms with Gasteiger partial charge in [0.05, 0.1) is 10.9 Å². The normalized spacial score (nSPS) is 17.9. The average molecular weight is 406 g/mol. The number of benzene rings is 2. The van der Waals surface area contributed by atoms with Crippen molar-refractivity contribution in [2.75, 3.05) is 13.1 Å². The van der Waals surface area contributed by atoms with E-state index in [1.165, 1.54) is 5.56 Å². The molecule has 2 atom stereocenters. The van der Waals surface area contributed by atoms with Crippen molar-refractivity contribution in [1.82, 2.24) is 19.8 Å². The summed E-state index contributed by atoms with van der Waals surface area (Å²) in [4.78, 5) is 42.3. The van der Waals surface area contributed by atoms with Gasteiger partial charge in [-0.25, -0.2) is 4.79 Å². The number of carbonyl (C=O) groups is 1. The second-order valence-corrected chi connectivity index (χ2v) is 7.78. The van der Waals surface area contributed by atoms with Gasteiger partial charge in [-0.05, 0) is 44.0 Å². The molecule has 2 unspecified atom stereocenters. The van der Waals surface area contributed by atoms with Crippen molar-refractivity contribution < 1.29 is 4.79 Å². The van der Waals surface area contributed by atoms with Gasteiger partial charge in [0.25, 0.3) is 11.5 Å². The van der Waals surface area contributed by atoms with Gasteiger partial charge in [-0.1, -0.05) is 30.3 Å². The quantitative estimate of drug-likeness (QED) is 0.681. The molecule has 1 aliphatic rings. The predicted molar refractivity (Wildman–Crippen MR) is 117 cm³/mol. The highest BCUT2D eigenvalue weighted by Crippen LogP contribution is 2.24. The Kier molecular flexibility index (Phi) is 5.55. The molecule has 1 aromatic heterocycles. The number of rotatable bonds is 5. The molecule has 1 aliphatic heterocycles. The van der Waals surface area contributed by atoms with Crippen molar-refractivity contribution in [2.24, 2.45) is 0 Å². The first-order chi connectivity index (χ1) is 14.5. The Hall–Kier alpha value is -3.19. The number of hydrogen-bond acceptors (Lipinski definition) is 4. The molecule has 30 heavy (non-hydrogen) atoms. The lowest BCUT2D eigenvalue weighted by Gasteiger charge is -2.24. The molecule has 156 valence electrons. The van der Waals surface area contributed by atoms with Gasteiger partial charge < -0.3 is 10.3 Å². The number of fused-ring (bicyclic) bond motifs is 1. The van der Waals surface area contributed by atoms with Crippen molar-refractivity contribution in [2.45, 2.75) is 38.9 Å². The number of amides is 1. The molecule has 0 aliphatic carbocycles. The molecule has 7 heteroatoms. The number of nitrogens with one attached hydrogen (secondary N) is 2. The molecule has 1 fully saturated rings. The number of aromatic nitrogens is 2. The van der Waals surface area contributed by atoms with Crippen LogP contribution in [0, 0.1) is 0 Å². The highest BCUT2D eigenvalue weighted by molar-refractivity contribution is 5.97. The minimum absolute atomic E-state index is 0.0616. The average Bonchev–Trinajstić information content (AvgIpc) is 3.22. The van der Waals surface area contributed by atoms with Gasteiger partial charge in [0, 0.05) is 37.3 Å². The molecule has 1 amide bonds. The number of likely N-dealkylation sites (tertiary alicyclic amines) is 1. The molecular formula is C23H26N4O3. The number of carbonyl (C=O) groups excluding carboxylic acids is 1. The van der Waals surface area contributed by atoms with Crippen LogP contribution in [-0.4, -0.2) is 39.5 Å². The van der Waals surface area contributed by atoms with E-state index in [9.17, 15) is 14.4 Å². The van der Waals surface area contributed by atoms with E-state index in [1.54, 1.807) is 25.1 Å². The van der Waals surface area contributed by atoms with Gasteiger partial charge in [0.15, 0.2) is 0 Å². The molecule has 0 spiro atoms. The second-order valence-electron chi connectivity index (χ2n) is 7.78. The fourth-order valence-corrected chi connectivity index (χ4v) is 4.15. The zero-order valence-corrected chi connectivity index (χ0v) is 17.2. The predicted octanol–water partition coefficient (Wildman–Crippen LogP) is 2.28. The van der Waals surface area contributed by atoms with Crippen LogP contribution in [0.25, 0.3) is 10.9 Å². The van der Waals surface area contributed by atoms with E-state index in [1.807, 2.05) is 18.2 Å². The second kappa shape index (κ2) is 8.28. The summed E-state index contributed by atoms with van der Waals surface area (Å²) in [5.41, 5.74) is 1.27. The summed E-state index contributed by atoms with van der Waals surface area (Å²) >= 11 is 0. The van der Waals surface area contributed by atoms with Crippen molar-refractivity contribution >= 4 is 16.8 Å². The Labute approximate surface area is 174 Å². The van der Waals surface area contributed by atoms with Gasteiger partial charge in [-0.3, -0.25) is 19.1 Å². The maximum Gasteiger partial charge on any atom is 0.328 e. The standard InChI is InChI=1S/C23H26N4O3/c1-3-27-22(29)19-10-9-17(13-20(19)25-23(27)30)21(28)24-18-11-12-26(14-18)15(2)16-7-5-4-6-8-16/h4-10,13,15,18H,3,11-12,14H2,1-2H3,(H,24,28)(H,25,30). The summed E-state index contributed by atoms with van der Waals surface area (Å²) in [6.07, 6.45) is 0.883. The van der Waals surface area contributed by atoms with Crippen LogP contribution in [0.2, 0.25) is 0 Å². The molecule has 4 rings (SSSR count). The Morgan fingerprint density at radius 2 is 1.97 bits per heavy atom. The molecule has 2 aromatic carbocycles. The molecule has 0 saturated carbocycles. The highest BCUT2D eigenvalue weighted by atomic mass is 16.2. The third-order valence-corrected chi connectivity index (χ3v) is 5.94. The van der Waals surface area contributed by atoms with E-state index in [-0.39, 0.29) is 17.5 Å². The number of nitrogens with zero attached hydrogens (tertiary/aromatic N) is 2. The summed E-state index contributed by atoms with van der Waals surface area (Å²) in [7, 11) is 0. The van der Waals surface area contributed by atoms with Crippen LogP contribution in [0.15, 0.2) is 58.1 Å². The first kappa shape index (κ1) is 20.1. The Balaban J connectivity index is 1.47. The van der Waals surface area contributed by atoms with Gasteiger partial charge in [0.2, 0.25) is 0 Å². The number of aromatic amines is 1. The Morgan fingerprint density at radius 1 is 1.20 bits per heavy atom. The zero-order chi connectivity index (χ0) is 21.3. The van der Waals surface area contributed by atoms with Crippen molar-refractivity contribution in [3.63, 3.8) is 0 Å². The van der Waals surface area contributed by atoms with Gasteiger partial charge in [0.1, 0.15) is 0 Å². The summed E-state index contributed by atoms with van der Waals surface area (Å²) in [6.45, 7) is 5.93. The molecule has 0 radical (unpaired) electrons. The minimum atomic E-state index is -0.464. The van der Waals surface area contributed by atoms with E-state index < -0.39 is 5.69 Å². The van der Waals surface area contributed by atoms with E-state index in [4.69, 9.17) is 0 Å². The first-order valence-electron chi connectivity index (χ1n) is 10.3. The third kappa shape index (κ3) is 3.80. The SMILES string of the molecule is CCn1c(=O)[nH]c2cc(C(=O)NC3CCN(C(C)c4ccccc4)C3)ccc2c1=O. The van der Waals surface area contributed by atoms with E-state index in [2.05, 4.69) is 34.3 Å². The van der Waals surface area contributed by atoms with Gasteiger partial charge in [-0.15, -0.1) is 0 Å². The van der Waals surface area contributed by atoms with Crippen LogP contribution < -0.4 is 16.6 Å². The lowest BCUT2D eigenvalue weighted by molar-refractivity contribution is 0.0936. The number of hydrogen-bond donors (Lipinski definition) is 2. The summed E-state index contributed by atoms with van der Waals surface area (Å²) < 4.78 is 1.14. The molecule has 3 aromatic rings. The van der Waals surface area contributed by atoms with E-state index in [0.717, 1.165) is 24.1 Å². The van der Waals surface area contributed by atoms with Crippen LogP contribution >= 0.6 is 0 Å². The topological polar surface area (TPSA) is 87.2 Å². The minimum Gasteiger partial charge on any atom is -0.348 e. The molecule has 0 bridgehead atoms. The van der Waals surface area contributed by atoms with Crippen LogP contribution in [-0.2, 0) is 6.54 Å². The maximum atomic E-state index is 12.8. The molecule has 2 N–H and O–H groups in total. The largest absolute Gasteiger partial charge is 0.348 e. The Morgan fingerprint density at radius 3 is 2.70 bits per heavy atom. The first-order valence-corrected chi connectivity index (χ1v) is 10.3.